The van der Waals surface area contributed by atoms with Gasteiger partial charge in [-0.2, -0.15) is 9.64 Å². The molecule has 2 aromatic rings. The number of nitriles is 1. The van der Waals surface area contributed by atoms with Crippen molar-refractivity contribution in [2.75, 3.05) is 24.7 Å². The average molecular weight is 333 g/mol. The van der Waals surface area contributed by atoms with Gasteiger partial charge in [-0.1, -0.05) is 18.2 Å². The van der Waals surface area contributed by atoms with Gasteiger partial charge >= 0.3 is 0 Å². The van der Waals surface area contributed by atoms with E-state index in [1.54, 1.807) is 0 Å². The Kier molecular flexibility index (Phi) is 3.12. The Balaban J connectivity index is 1.91. The first-order valence-corrected chi connectivity index (χ1v) is 8.20. The molecule has 4 rings (SSSR count). The summed E-state index contributed by atoms with van der Waals surface area (Å²) in [4.78, 5) is 6.70. The van der Waals surface area contributed by atoms with Crippen LogP contribution in [0.5, 0.6) is 0 Å². The molecule has 7 heteroatoms. The Bertz CT molecular complexity index is 821. The van der Waals surface area contributed by atoms with E-state index in [4.69, 9.17) is 16.3 Å². The number of hydrogen-bond donors (Lipinski definition) is 0. The highest BCUT2D eigenvalue weighted by Crippen LogP contribution is 2.51. The van der Waals surface area contributed by atoms with E-state index in [1.165, 1.54) is 11.5 Å². The fraction of sp³-hybridized carbons (Fsp3) is 0.400. The van der Waals surface area contributed by atoms with Crippen LogP contribution in [0.3, 0.4) is 0 Å². The van der Waals surface area contributed by atoms with Gasteiger partial charge in [-0.15, -0.1) is 0 Å². The topological polar surface area (TPSA) is 62.0 Å². The van der Waals surface area contributed by atoms with Gasteiger partial charge in [0, 0.05) is 12.2 Å². The van der Waals surface area contributed by atoms with Gasteiger partial charge in [0.1, 0.15) is 11.3 Å². The molecule has 22 heavy (non-hydrogen) atoms. The Morgan fingerprint density at radius 1 is 1.50 bits per heavy atom. The molecule has 0 unspecified atom stereocenters. The lowest BCUT2D eigenvalue weighted by atomic mass is 9.98. The molecule has 2 fully saturated rings. The van der Waals surface area contributed by atoms with Crippen molar-refractivity contribution in [1.29, 1.82) is 5.26 Å². The molecule has 112 valence electrons. The van der Waals surface area contributed by atoms with Crippen LogP contribution < -0.4 is 4.90 Å². The Labute approximate surface area is 136 Å². The first-order chi connectivity index (χ1) is 10.6. The summed E-state index contributed by atoms with van der Waals surface area (Å²) < 4.78 is 10.5. The van der Waals surface area contributed by atoms with Gasteiger partial charge in [-0.25, -0.2) is 4.98 Å². The maximum atomic E-state index is 9.56. The summed E-state index contributed by atoms with van der Waals surface area (Å²) >= 11 is 7.51. The average Bonchev–Trinajstić information content (AvgIpc) is 3.25. The number of fused-ring (bicyclic) bond motifs is 1. The van der Waals surface area contributed by atoms with Crippen molar-refractivity contribution in [1.82, 2.24) is 9.36 Å². The first kappa shape index (κ1) is 13.9. The van der Waals surface area contributed by atoms with Crippen molar-refractivity contribution in [2.45, 2.75) is 18.3 Å². The molecule has 3 heterocycles. The third-order valence-corrected chi connectivity index (χ3v) is 5.47. The lowest BCUT2D eigenvalue weighted by molar-refractivity contribution is 0.143. The minimum Gasteiger partial charge on any atom is -0.373 e. The SMILES string of the molecule is C=C1COCCN1c1cc(C2(C#N)CC2)c2snc(Cl)c2n1. The normalized spacial score (nSPS) is 20.2. The van der Waals surface area contributed by atoms with E-state index in [2.05, 4.69) is 22.0 Å². The van der Waals surface area contributed by atoms with Gasteiger partial charge < -0.3 is 9.64 Å². The van der Waals surface area contributed by atoms with Crippen LogP contribution in [-0.2, 0) is 10.2 Å². The van der Waals surface area contributed by atoms with E-state index < -0.39 is 5.41 Å². The van der Waals surface area contributed by atoms with Crippen LogP contribution in [0.25, 0.3) is 10.2 Å². The van der Waals surface area contributed by atoms with Crippen molar-refractivity contribution < 1.29 is 4.74 Å². The third-order valence-electron chi connectivity index (χ3n) is 4.24. The monoisotopic (exact) mass is 332 g/mol. The quantitative estimate of drug-likeness (QED) is 0.844. The van der Waals surface area contributed by atoms with Gasteiger partial charge in [0.25, 0.3) is 0 Å². The molecule has 0 N–H and O–H groups in total. The number of morpholine rings is 1. The molecule has 1 saturated heterocycles. The van der Waals surface area contributed by atoms with Crippen LogP contribution in [0, 0.1) is 11.3 Å². The van der Waals surface area contributed by atoms with Gasteiger partial charge in [0.2, 0.25) is 0 Å². The zero-order chi connectivity index (χ0) is 15.3. The molecular formula is C15H13ClN4OS. The Morgan fingerprint density at radius 2 is 2.32 bits per heavy atom. The van der Waals surface area contributed by atoms with Gasteiger partial charge in [0.15, 0.2) is 5.15 Å². The summed E-state index contributed by atoms with van der Waals surface area (Å²) in [6, 6.07) is 4.46. The number of aromatic nitrogens is 2. The summed E-state index contributed by atoms with van der Waals surface area (Å²) in [7, 11) is 0. The van der Waals surface area contributed by atoms with E-state index in [0.29, 0.717) is 30.4 Å². The zero-order valence-corrected chi connectivity index (χ0v) is 13.4. The van der Waals surface area contributed by atoms with E-state index in [0.717, 1.165) is 34.6 Å². The van der Waals surface area contributed by atoms with Crippen molar-refractivity contribution in [3.63, 3.8) is 0 Å². The molecule has 0 amide bonds. The number of ether oxygens (including phenoxy) is 1. The molecule has 0 atom stereocenters. The van der Waals surface area contributed by atoms with E-state index in [1.807, 2.05) is 11.0 Å². The number of nitrogens with zero attached hydrogens (tertiary/aromatic N) is 4. The smallest absolute Gasteiger partial charge is 0.169 e. The van der Waals surface area contributed by atoms with Crippen LogP contribution >= 0.6 is 23.1 Å². The van der Waals surface area contributed by atoms with Crippen LogP contribution in [-0.4, -0.2) is 29.1 Å². The second-order valence-electron chi connectivity index (χ2n) is 5.64. The van der Waals surface area contributed by atoms with Crippen molar-refractivity contribution in [3.8, 4) is 6.07 Å². The summed E-state index contributed by atoms with van der Waals surface area (Å²) in [6.07, 6.45) is 1.75. The predicted molar refractivity (Wildman–Crippen MR) is 86.3 cm³/mol. The lowest BCUT2D eigenvalue weighted by Crippen LogP contribution is -2.34. The van der Waals surface area contributed by atoms with Gasteiger partial charge in [-0.3, -0.25) is 0 Å². The molecule has 1 aliphatic heterocycles. The lowest BCUT2D eigenvalue weighted by Gasteiger charge is -2.30. The zero-order valence-electron chi connectivity index (χ0n) is 11.8. The van der Waals surface area contributed by atoms with Crippen molar-refractivity contribution in [3.05, 3.63) is 29.1 Å². The maximum Gasteiger partial charge on any atom is 0.169 e. The van der Waals surface area contributed by atoms with Gasteiger partial charge in [-0.05, 0) is 36.0 Å². The fourth-order valence-corrected chi connectivity index (χ4v) is 3.94. The summed E-state index contributed by atoms with van der Waals surface area (Å²) in [5.41, 5.74) is 2.14. The molecule has 0 aromatic carbocycles. The third kappa shape index (κ3) is 2.01. The second kappa shape index (κ2) is 4.92. The number of anilines is 1. The largest absolute Gasteiger partial charge is 0.373 e. The van der Waals surface area contributed by atoms with Crippen LogP contribution in [0.4, 0.5) is 5.82 Å². The highest BCUT2D eigenvalue weighted by molar-refractivity contribution is 7.14. The minimum absolute atomic E-state index is 0.399. The highest BCUT2D eigenvalue weighted by Gasteiger charge is 2.47. The number of pyridine rings is 1. The molecular weight excluding hydrogens is 320 g/mol. The molecule has 1 aliphatic carbocycles. The first-order valence-electron chi connectivity index (χ1n) is 7.05. The molecule has 2 aliphatic rings. The molecule has 0 radical (unpaired) electrons. The van der Waals surface area contributed by atoms with E-state index >= 15 is 0 Å². The molecule has 2 aromatic heterocycles. The minimum atomic E-state index is -0.403. The standard InChI is InChI=1S/C15H13ClN4OS/c1-9-7-21-5-4-20(9)11-6-10(15(8-17)2-3-15)13-12(18-11)14(16)19-22-13/h6H,1-5,7H2. The molecule has 1 saturated carbocycles. The predicted octanol–water partition coefficient (Wildman–Crippen LogP) is 3.25. The summed E-state index contributed by atoms with van der Waals surface area (Å²) in [6.45, 7) is 5.87. The fourth-order valence-electron chi connectivity index (χ4n) is 2.80. The number of halogens is 1. The highest BCUT2D eigenvalue weighted by atomic mass is 35.5. The summed E-state index contributed by atoms with van der Waals surface area (Å²) in [5, 5.41) is 9.96. The van der Waals surface area contributed by atoms with Crippen molar-refractivity contribution in [2.24, 2.45) is 0 Å². The van der Waals surface area contributed by atoms with Crippen molar-refractivity contribution >= 4 is 39.2 Å². The Morgan fingerprint density at radius 3 is 3.00 bits per heavy atom. The van der Waals surface area contributed by atoms with E-state index in [9.17, 15) is 5.26 Å². The van der Waals surface area contributed by atoms with Crippen LogP contribution in [0.15, 0.2) is 18.3 Å². The van der Waals surface area contributed by atoms with Crippen LogP contribution in [0.2, 0.25) is 5.15 Å². The second-order valence-corrected chi connectivity index (χ2v) is 6.77. The molecule has 0 spiro atoms. The number of rotatable bonds is 2. The molecule has 0 bridgehead atoms. The Hall–Kier alpha value is -1.68. The van der Waals surface area contributed by atoms with E-state index in [-0.39, 0.29) is 0 Å². The molecule has 5 nitrogen and oxygen atoms in total. The van der Waals surface area contributed by atoms with Gasteiger partial charge in [0.05, 0.1) is 29.4 Å². The summed E-state index contributed by atoms with van der Waals surface area (Å²) in [5.74, 6) is 0.777. The maximum absolute atomic E-state index is 9.56. The van der Waals surface area contributed by atoms with Crippen LogP contribution in [0.1, 0.15) is 18.4 Å². The number of hydrogen-bond acceptors (Lipinski definition) is 6.